The zero-order chi connectivity index (χ0) is 13.7. The van der Waals surface area contributed by atoms with E-state index in [1.807, 2.05) is 4.68 Å². The zero-order valence-corrected chi connectivity index (χ0v) is 14.1. The van der Waals surface area contributed by atoms with Crippen LogP contribution >= 0.6 is 31.9 Å². The van der Waals surface area contributed by atoms with Crippen molar-refractivity contribution in [3.63, 3.8) is 0 Å². The van der Waals surface area contributed by atoms with Gasteiger partial charge in [0.2, 0.25) is 0 Å². The highest BCUT2D eigenvalue weighted by Gasteiger charge is 2.14. The first-order valence-electron chi connectivity index (χ1n) is 6.42. The van der Waals surface area contributed by atoms with Gasteiger partial charge in [-0.1, -0.05) is 50.9 Å². The third-order valence-corrected chi connectivity index (χ3v) is 4.40. The molecule has 0 bridgehead atoms. The number of benzene rings is 1. The van der Waals surface area contributed by atoms with Gasteiger partial charge in [-0.05, 0) is 24.1 Å². The highest BCUT2D eigenvalue weighted by molar-refractivity contribution is 9.10. The number of alkyl halides is 1. The summed E-state index contributed by atoms with van der Waals surface area (Å²) < 4.78 is 3.12. The van der Waals surface area contributed by atoms with Crippen molar-refractivity contribution in [2.75, 3.05) is 5.33 Å². The lowest BCUT2D eigenvalue weighted by molar-refractivity contribution is 0.554. The molecular formula is C14H17Br2N3. The van der Waals surface area contributed by atoms with E-state index in [1.165, 1.54) is 5.56 Å². The lowest BCUT2D eigenvalue weighted by atomic mass is 9.97. The molecular weight excluding hydrogens is 370 g/mol. The summed E-state index contributed by atoms with van der Waals surface area (Å²) in [6.45, 7) is 3.09. The van der Waals surface area contributed by atoms with Crippen LogP contribution in [0.15, 0.2) is 35.1 Å². The predicted molar refractivity (Wildman–Crippen MR) is 84.7 cm³/mol. The molecule has 0 radical (unpaired) electrons. The SMILES string of the molecule is CCCn1ncnc1CC(CBr)c1ccc(Br)cc1. The Morgan fingerprint density at radius 1 is 1.26 bits per heavy atom. The van der Waals surface area contributed by atoms with Crippen molar-refractivity contribution in [1.29, 1.82) is 0 Å². The number of rotatable bonds is 6. The van der Waals surface area contributed by atoms with E-state index in [0.29, 0.717) is 5.92 Å². The van der Waals surface area contributed by atoms with Gasteiger partial charge in [0.15, 0.2) is 0 Å². The molecule has 0 amide bonds. The van der Waals surface area contributed by atoms with Crippen LogP contribution in [0.3, 0.4) is 0 Å². The first-order chi connectivity index (χ1) is 9.24. The highest BCUT2D eigenvalue weighted by Crippen LogP contribution is 2.24. The highest BCUT2D eigenvalue weighted by atomic mass is 79.9. The smallest absolute Gasteiger partial charge is 0.138 e. The molecule has 1 unspecified atom stereocenters. The van der Waals surface area contributed by atoms with Crippen molar-refractivity contribution in [1.82, 2.24) is 14.8 Å². The number of hydrogen-bond donors (Lipinski definition) is 0. The van der Waals surface area contributed by atoms with E-state index in [2.05, 4.69) is 73.1 Å². The molecule has 0 fully saturated rings. The van der Waals surface area contributed by atoms with Gasteiger partial charge in [0.25, 0.3) is 0 Å². The van der Waals surface area contributed by atoms with Gasteiger partial charge in [-0.3, -0.25) is 4.68 Å². The fourth-order valence-corrected chi connectivity index (χ4v) is 2.93. The van der Waals surface area contributed by atoms with Gasteiger partial charge in [0, 0.05) is 28.7 Å². The molecule has 2 rings (SSSR count). The lowest BCUT2D eigenvalue weighted by Crippen LogP contribution is -2.11. The number of halogens is 2. The number of aryl methyl sites for hydroxylation is 1. The average Bonchev–Trinajstić information content (AvgIpc) is 2.85. The van der Waals surface area contributed by atoms with Gasteiger partial charge in [0.05, 0.1) is 0 Å². The molecule has 19 heavy (non-hydrogen) atoms. The normalized spacial score (nSPS) is 12.6. The van der Waals surface area contributed by atoms with E-state index in [-0.39, 0.29) is 0 Å². The van der Waals surface area contributed by atoms with Crippen LogP contribution < -0.4 is 0 Å². The summed E-state index contributed by atoms with van der Waals surface area (Å²) in [5.74, 6) is 1.49. The first-order valence-corrected chi connectivity index (χ1v) is 8.34. The van der Waals surface area contributed by atoms with E-state index in [0.717, 1.165) is 35.0 Å². The lowest BCUT2D eigenvalue weighted by Gasteiger charge is -2.14. The van der Waals surface area contributed by atoms with Crippen LogP contribution in [-0.2, 0) is 13.0 Å². The maximum atomic E-state index is 4.39. The molecule has 0 spiro atoms. The van der Waals surface area contributed by atoms with Gasteiger partial charge < -0.3 is 0 Å². The fourth-order valence-electron chi connectivity index (χ4n) is 2.06. The van der Waals surface area contributed by atoms with Crippen LogP contribution in [0.5, 0.6) is 0 Å². The van der Waals surface area contributed by atoms with Crippen LogP contribution in [0.4, 0.5) is 0 Å². The Balaban J connectivity index is 2.14. The fraction of sp³-hybridized carbons (Fsp3) is 0.429. The third kappa shape index (κ3) is 3.89. The van der Waals surface area contributed by atoms with E-state index >= 15 is 0 Å². The Kier molecular flexibility index (Phi) is 5.58. The summed E-state index contributed by atoms with van der Waals surface area (Å²) in [6.07, 6.45) is 3.64. The molecule has 0 aliphatic carbocycles. The molecule has 1 atom stereocenters. The molecule has 0 aliphatic heterocycles. The number of nitrogens with zero attached hydrogens (tertiary/aromatic N) is 3. The molecule has 1 aromatic carbocycles. The Hall–Kier alpha value is -0.680. The molecule has 5 heteroatoms. The van der Waals surface area contributed by atoms with Crippen molar-refractivity contribution in [2.24, 2.45) is 0 Å². The summed E-state index contributed by atoms with van der Waals surface area (Å²) in [4.78, 5) is 4.39. The van der Waals surface area contributed by atoms with Gasteiger partial charge >= 0.3 is 0 Å². The number of hydrogen-bond acceptors (Lipinski definition) is 2. The van der Waals surface area contributed by atoms with Crippen LogP contribution in [0.25, 0.3) is 0 Å². The van der Waals surface area contributed by atoms with E-state index in [9.17, 15) is 0 Å². The molecule has 0 N–H and O–H groups in total. The topological polar surface area (TPSA) is 30.7 Å². The molecule has 0 saturated heterocycles. The second-order valence-electron chi connectivity index (χ2n) is 4.51. The van der Waals surface area contributed by atoms with Crippen LogP contribution in [0.2, 0.25) is 0 Å². The Bertz CT molecular complexity index is 508. The van der Waals surface area contributed by atoms with Crippen molar-refractivity contribution in [3.8, 4) is 0 Å². The summed E-state index contributed by atoms with van der Waals surface area (Å²) in [5, 5.41) is 5.21. The van der Waals surface area contributed by atoms with Crippen LogP contribution in [0.1, 0.15) is 30.7 Å². The molecule has 0 aliphatic rings. The third-order valence-electron chi connectivity index (χ3n) is 3.09. The first kappa shape index (κ1) is 14.7. The van der Waals surface area contributed by atoms with Crippen molar-refractivity contribution < 1.29 is 0 Å². The van der Waals surface area contributed by atoms with Crippen molar-refractivity contribution in [3.05, 3.63) is 46.5 Å². The van der Waals surface area contributed by atoms with E-state index in [1.54, 1.807) is 6.33 Å². The standard InChI is InChI=1S/C14H17Br2N3/c1-2-7-19-14(17-10-18-19)8-12(9-15)11-3-5-13(16)6-4-11/h3-6,10,12H,2,7-9H2,1H3. The average molecular weight is 387 g/mol. The summed E-state index contributed by atoms with van der Waals surface area (Å²) in [5.41, 5.74) is 1.33. The largest absolute Gasteiger partial charge is 0.250 e. The molecule has 102 valence electrons. The Morgan fingerprint density at radius 2 is 2.00 bits per heavy atom. The minimum atomic E-state index is 0.424. The quantitative estimate of drug-likeness (QED) is 0.697. The predicted octanol–water partition coefficient (Wildman–Crippen LogP) is 4.17. The van der Waals surface area contributed by atoms with Crippen LogP contribution in [0, 0.1) is 0 Å². The van der Waals surface area contributed by atoms with Gasteiger partial charge in [-0.15, -0.1) is 0 Å². The summed E-state index contributed by atoms with van der Waals surface area (Å²) in [6, 6.07) is 8.50. The molecule has 1 aromatic heterocycles. The Labute approximate surface area is 130 Å². The Morgan fingerprint density at radius 3 is 2.63 bits per heavy atom. The minimum Gasteiger partial charge on any atom is -0.250 e. The van der Waals surface area contributed by atoms with E-state index in [4.69, 9.17) is 0 Å². The van der Waals surface area contributed by atoms with Gasteiger partial charge in [-0.25, -0.2) is 4.98 Å². The molecule has 1 heterocycles. The molecule has 2 aromatic rings. The van der Waals surface area contributed by atoms with Crippen LogP contribution in [-0.4, -0.2) is 20.1 Å². The second-order valence-corrected chi connectivity index (χ2v) is 6.07. The molecule has 0 saturated carbocycles. The maximum Gasteiger partial charge on any atom is 0.138 e. The minimum absolute atomic E-state index is 0.424. The van der Waals surface area contributed by atoms with Crippen molar-refractivity contribution in [2.45, 2.75) is 32.2 Å². The summed E-state index contributed by atoms with van der Waals surface area (Å²) >= 11 is 7.08. The molecule has 3 nitrogen and oxygen atoms in total. The zero-order valence-electron chi connectivity index (χ0n) is 10.9. The second kappa shape index (κ2) is 7.20. The summed E-state index contributed by atoms with van der Waals surface area (Å²) in [7, 11) is 0. The number of aromatic nitrogens is 3. The van der Waals surface area contributed by atoms with E-state index < -0.39 is 0 Å². The maximum absolute atomic E-state index is 4.39. The van der Waals surface area contributed by atoms with Gasteiger partial charge in [0.1, 0.15) is 12.2 Å². The van der Waals surface area contributed by atoms with Gasteiger partial charge in [-0.2, -0.15) is 5.10 Å². The van der Waals surface area contributed by atoms with Crippen molar-refractivity contribution >= 4 is 31.9 Å². The monoisotopic (exact) mass is 385 g/mol.